The minimum absolute atomic E-state index is 0.131. The molecule has 2 amide bonds. The summed E-state index contributed by atoms with van der Waals surface area (Å²) in [7, 11) is 0. The number of carbonyl (C=O) groups is 2. The molecule has 0 aromatic heterocycles. The fourth-order valence-corrected chi connectivity index (χ4v) is 2.31. The number of halogens is 1. The van der Waals surface area contributed by atoms with E-state index in [1.807, 2.05) is 0 Å². The van der Waals surface area contributed by atoms with Crippen LogP contribution in [-0.2, 0) is 0 Å². The molecule has 0 saturated heterocycles. The molecule has 0 fully saturated rings. The number of rotatable bonds is 6. The lowest BCUT2D eigenvalue weighted by atomic mass is 10.0. The van der Waals surface area contributed by atoms with Crippen molar-refractivity contribution in [2.45, 2.75) is 12.8 Å². The highest BCUT2D eigenvalue weighted by Crippen LogP contribution is 2.18. The predicted molar refractivity (Wildman–Crippen MR) is 85.5 cm³/mol. The topological polar surface area (TPSA) is 78.4 Å². The summed E-state index contributed by atoms with van der Waals surface area (Å²) in [4.78, 5) is 23.4. The maximum absolute atomic E-state index is 12.0. The van der Waals surface area contributed by atoms with Crippen molar-refractivity contribution in [1.29, 1.82) is 0 Å². The Balaban J connectivity index is 2.13. The molecule has 2 aromatic carbocycles. The van der Waals surface area contributed by atoms with E-state index in [0.717, 1.165) is 23.6 Å². The van der Waals surface area contributed by atoms with E-state index < -0.39 is 5.91 Å². The van der Waals surface area contributed by atoms with Crippen molar-refractivity contribution >= 4 is 34.2 Å². The van der Waals surface area contributed by atoms with Crippen LogP contribution in [0.15, 0.2) is 36.4 Å². The van der Waals surface area contributed by atoms with E-state index in [1.54, 1.807) is 41.9 Å². The Morgan fingerprint density at radius 2 is 1.55 bits per heavy atom. The van der Waals surface area contributed by atoms with E-state index in [1.165, 1.54) is 0 Å². The SMILES string of the molecule is O=C(NO)c1ccc2cc(C(=O)NCCCCCl)ccc2c1. The molecule has 5 nitrogen and oxygen atoms in total. The number of hydroxylamine groups is 1. The van der Waals surface area contributed by atoms with E-state index in [-0.39, 0.29) is 5.91 Å². The number of amides is 2. The summed E-state index contributed by atoms with van der Waals surface area (Å²) in [5.41, 5.74) is 2.52. The van der Waals surface area contributed by atoms with Gasteiger partial charge in [-0.3, -0.25) is 14.8 Å². The zero-order valence-electron chi connectivity index (χ0n) is 11.9. The highest BCUT2D eigenvalue weighted by atomic mass is 35.5. The summed E-state index contributed by atoms with van der Waals surface area (Å²) in [6.45, 7) is 0.596. The Morgan fingerprint density at radius 3 is 2.09 bits per heavy atom. The lowest BCUT2D eigenvalue weighted by Gasteiger charge is -2.07. The number of hydrogen-bond donors (Lipinski definition) is 3. The first-order chi connectivity index (χ1) is 10.7. The smallest absolute Gasteiger partial charge is 0.274 e. The fraction of sp³-hybridized carbons (Fsp3) is 0.250. The molecular weight excluding hydrogens is 304 g/mol. The maximum atomic E-state index is 12.0. The van der Waals surface area contributed by atoms with E-state index in [9.17, 15) is 9.59 Å². The summed E-state index contributed by atoms with van der Waals surface area (Å²) in [5, 5.41) is 13.1. The Morgan fingerprint density at radius 1 is 0.955 bits per heavy atom. The van der Waals surface area contributed by atoms with E-state index >= 15 is 0 Å². The molecule has 0 spiro atoms. The second-order valence-electron chi connectivity index (χ2n) is 4.87. The largest absolute Gasteiger partial charge is 0.352 e. The summed E-state index contributed by atoms with van der Waals surface area (Å²) in [6.07, 6.45) is 1.72. The van der Waals surface area contributed by atoms with Crippen molar-refractivity contribution in [1.82, 2.24) is 10.8 Å². The van der Waals surface area contributed by atoms with Gasteiger partial charge < -0.3 is 5.32 Å². The summed E-state index contributed by atoms with van der Waals surface area (Å²) in [5.74, 6) is -0.105. The zero-order valence-corrected chi connectivity index (χ0v) is 12.7. The lowest BCUT2D eigenvalue weighted by Crippen LogP contribution is -2.24. The van der Waals surface area contributed by atoms with Gasteiger partial charge in [0, 0.05) is 23.6 Å². The fourth-order valence-electron chi connectivity index (χ4n) is 2.12. The number of unbranched alkanes of at least 4 members (excludes halogenated alkanes) is 1. The average molecular weight is 321 g/mol. The molecule has 22 heavy (non-hydrogen) atoms. The first-order valence-electron chi connectivity index (χ1n) is 6.98. The van der Waals surface area contributed by atoms with Gasteiger partial charge >= 0.3 is 0 Å². The number of carbonyl (C=O) groups excluding carboxylic acids is 2. The van der Waals surface area contributed by atoms with Crippen molar-refractivity contribution in [2.75, 3.05) is 12.4 Å². The second-order valence-corrected chi connectivity index (χ2v) is 5.25. The molecule has 3 N–H and O–H groups in total. The summed E-state index contributed by atoms with van der Waals surface area (Å²) >= 11 is 5.59. The average Bonchev–Trinajstić information content (AvgIpc) is 2.56. The van der Waals surface area contributed by atoms with Crippen LogP contribution in [0.5, 0.6) is 0 Å². The van der Waals surface area contributed by atoms with Crippen LogP contribution in [0, 0.1) is 0 Å². The van der Waals surface area contributed by atoms with Crippen molar-refractivity contribution in [3.8, 4) is 0 Å². The van der Waals surface area contributed by atoms with Crippen molar-refractivity contribution in [3.05, 3.63) is 47.5 Å². The number of hydrogen-bond acceptors (Lipinski definition) is 3. The number of alkyl halides is 1. The molecule has 0 aliphatic rings. The molecule has 2 rings (SSSR count). The maximum Gasteiger partial charge on any atom is 0.274 e. The minimum atomic E-state index is -0.567. The first-order valence-corrected chi connectivity index (χ1v) is 7.51. The van der Waals surface area contributed by atoms with Crippen LogP contribution in [0.25, 0.3) is 10.8 Å². The Kier molecular flexibility index (Phi) is 5.75. The molecule has 2 aromatic rings. The Labute approximate surface area is 133 Å². The number of benzene rings is 2. The molecule has 0 aliphatic carbocycles. The van der Waals surface area contributed by atoms with E-state index in [0.29, 0.717) is 23.6 Å². The summed E-state index contributed by atoms with van der Waals surface area (Å²) in [6, 6.07) is 10.2. The molecule has 116 valence electrons. The highest BCUT2D eigenvalue weighted by Gasteiger charge is 2.08. The Hall–Kier alpha value is -2.11. The van der Waals surface area contributed by atoms with Crippen molar-refractivity contribution in [2.24, 2.45) is 0 Å². The normalized spacial score (nSPS) is 10.5. The van der Waals surface area contributed by atoms with Crippen molar-refractivity contribution in [3.63, 3.8) is 0 Å². The third-order valence-electron chi connectivity index (χ3n) is 3.31. The monoisotopic (exact) mass is 320 g/mol. The van der Waals surface area contributed by atoms with Gasteiger partial charge in [-0.1, -0.05) is 12.1 Å². The molecule has 0 unspecified atom stereocenters. The molecule has 0 heterocycles. The number of fused-ring (bicyclic) bond motifs is 1. The third-order valence-corrected chi connectivity index (χ3v) is 3.58. The zero-order chi connectivity index (χ0) is 15.9. The first kappa shape index (κ1) is 16.3. The molecule has 6 heteroatoms. The van der Waals surface area contributed by atoms with Gasteiger partial charge in [-0.2, -0.15) is 0 Å². The van der Waals surface area contributed by atoms with Crippen LogP contribution >= 0.6 is 11.6 Å². The van der Waals surface area contributed by atoms with Gasteiger partial charge in [0.1, 0.15) is 0 Å². The van der Waals surface area contributed by atoms with Crippen LogP contribution in [0.3, 0.4) is 0 Å². The van der Waals surface area contributed by atoms with Gasteiger partial charge in [-0.05, 0) is 47.9 Å². The Bertz CT molecular complexity index is 688. The highest BCUT2D eigenvalue weighted by molar-refractivity contribution is 6.17. The van der Waals surface area contributed by atoms with Crippen LogP contribution in [0.1, 0.15) is 33.6 Å². The predicted octanol–water partition coefficient (Wildman–Crippen LogP) is 2.71. The molecule has 0 aliphatic heterocycles. The van der Waals surface area contributed by atoms with Gasteiger partial charge in [-0.15, -0.1) is 11.6 Å². The lowest BCUT2D eigenvalue weighted by molar-refractivity contribution is 0.0706. The summed E-state index contributed by atoms with van der Waals surface area (Å²) < 4.78 is 0. The van der Waals surface area contributed by atoms with Gasteiger partial charge in [0.25, 0.3) is 11.8 Å². The van der Waals surface area contributed by atoms with Gasteiger partial charge in [0.05, 0.1) is 0 Å². The van der Waals surface area contributed by atoms with Gasteiger partial charge in [-0.25, -0.2) is 5.48 Å². The van der Waals surface area contributed by atoms with Gasteiger partial charge in [0.15, 0.2) is 0 Å². The molecule has 0 bridgehead atoms. The van der Waals surface area contributed by atoms with E-state index in [2.05, 4.69) is 5.32 Å². The molecule has 0 saturated carbocycles. The quantitative estimate of drug-likeness (QED) is 0.331. The number of nitrogens with one attached hydrogen (secondary N) is 2. The third kappa shape index (κ3) is 3.96. The van der Waals surface area contributed by atoms with Crippen LogP contribution < -0.4 is 10.8 Å². The minimum Gasteiger partial charge on any atom is -0.352 e. The van der Waals surface area contributed by atoms with Gasteiger partial charge in [0.2, 0.25) is 0 Å². The van der Waals surface area contributed by atoms with Crippen LogP contribution in [0.4, 0.5) is 0 Å². The standard InChI is InChI=1S/C16H17ClN2O3/c17-7-1-2-8-18-15(20)13-5-3-12-10-14(16(21)19-22)6-4-11(12)9-13/h3-6,9-10,22H,1-2,7-8H2,(H,18,20)(H,19,21). The molecule has 0 atom stereocenters. The van der Waals surface area contributed by atoms with Crippen LogP contribution in [0.2, 0.25) is 0 Å². The molecule has 0 radical (unpaired) electrons. The van der Waals surface area contributed by atoms with Crippen molar-refractivity contribution < 1.29 is 14.8 Å². The van der Waals surface area contributed by atoms with Crippen LogP contribution in [-0.4, -0.2) is 29.4 Å². The molecular formula is C16H17ClN2O3. The second kappa shape index (κ2) is 7.77. The van der Waals surface area contributed by atoms with E-state index in [4.69, 9.17) is 16.8 Å².